The smallest absolute Gasteiger partial charge is 0.355 e. The number of hydrogen-bond donors (Lipinski definition) is 3. The molecule has 1 rings (SSSR count). The summed E-state index contributed by atoms with van der Waals surface area (Å²) < 4.78 is 78.3. The topological polar surface area (TPSA) is 101 Å². The molecule has 1 atom stereocenters. The maximum Gasteiger partial charge on any atom is 0.417 e. The fourth-order valence-corrected chi connectivity index (χ4v) is 3.73. The summed E-state index contributed by atoms with van der Waals surface area (Å²) in [7, 11) is -4.47. The van der Waals surface area contributed by atoms with Gasteiger partial charge in [-0.25, -0.2) is 17.5 Å². The number of benzene rings is 1. The molecule has 0 spiro atoms. The van der Waals surface area contributed by atoms with E-state index in [1.165, 1.54) is 0 Å². The summed E-state index contributed by atoms with van der Waals surface area (Å²) in [4.78, 5) is 10.7. The Kier molecular flexibility index (Phi) is 8.83. The van der Waals surface area contributed by atoms with Crippen molar-refractivity contribution in [2.45, 2.75) is 50.2 Å². The molecule has 1 amide bonds. The number of alkyl halides is 3. The molecule has 0 aliphatic rings. The molecule has 0 aliphatic carbocycles. The molecule has 11 heteroatoms. The van der Waals surface area contributed by atoms with Crippen LogP contribution in [-0.2, 0) is 21.0 Å². The van der Waals surface area contributed by atoms with Crippen molar-refractivity contribution in [3.05, 3.63) is 29.6 Å². The number of amides is 1. The van der Waals surface area contributed by atoms with Crippen molar-refractivity contribution in [3.8, 4) is 0 Å². The molecule has 0 radical (unpaired) electrons. The van der Waals surface area contributed by atoms with Gasteiger partial charge in [0.15, 0.2) is 0 Å². The Hall–Kier alpha value is -1.72. The van der Waals surface area contributed by atoms with Crippen LogP contribution in [-0.4, -0.2) is 33.5 Å². The number of unbranched alkanes of at least 4 members (excludes halogenated alkanes) is 1. The average Bonchev–Trinajstić information content (AvgIpc) is 2.56. The molecule has 4 N–H and O–H groups in total. The largest absolute Gasteiger partial charge is 0.417 e. The molecular formula is C17H25F4N3O3S. The van der Waals surface area contributed by atoms with Gasteiger partial charge in [0.05, 0.1) is 16.5 Å². The lowest BCUT2D eigenvalue weighted by Gasteiger charge is -2.15. The highest BCUT2D eigenvalue weighted by Crippen LogP contribution is 2.34. The number of carbonyl (C=O) groups is 1. The Labute approximate surface area is 161 Å². The third-order valence-electron chi connectivity index (χ3n) is 3.79. The van der Waals surface area contributed by atoms with Crippen molar-refractivity contribution in [1.82, 2.24) is 10.0 Å². The first-order valence-electron chi connectivity index (χ1n) is 8.74. The number of hydrogen-bond acceptors (Lipinski definition) is 4. The summed E-state index contributed by atoms with van der Waals surface area (Å²) in [6.07, 6.45) is -3.80. The molecule has 0 aliphatic heterocycles. The molecule has 0 unspecified atom stereocenters. The molecule has 1 aromatic carbocycles. The average molecular weight is 427 g/mol. The zero-order valence-electron chi connectivity index (χ0n) is 15.6. The van der Waals surface area contributed by atoms with E-state index in [9.17, 15) is 30.8 Å². The van der Waals surface area contributed by atoms with Gasteiger partial charge in [0, 0.05) is 13.1 Å². The van der Waals surface area contributed by atoms with E-state index in [4.69, 9.17) is 5.73 Å². The summed E-state index contributed by atoms with van der Waals surface area (Å²) in [5.41, 5.74) is 4.15. The minimum Gasteiger partial charge on any atom is -0.355 e. The van der Waals surface area contributed by atoms with E-state index in [2.05, 4.69) is 10.0 Å². The molecule has 28 heavy (non-hydrogen) atoms. The van der Waals surface area contributed by atoms with Crippen LogP contribution < -0.4 is 15.8 Å². The molecule has 0 aromatic heterocycles. The van der Waals surface area contributed by atoms with Gasteiger partial charge in [-0.3, -0.25) is 4.79 Å². The normalized spacial score (nSPS) is 13.6. The zero-order valence-corrected chi connectivity index (χ0v) is 16.5. The van der Waals surface area contributed by atoms with Crippen LogP contribution in [0.4, 0.5) is 17.6 Å². The van der Waals surface area contributed by atoms with E-state index in [0.29, 0.717) is 25.0 Å². The third kappa shape index (κ3) is 7.72. The van der Waals surface area contributed by atoms with Gasteiger partial charge >= 0.3 is 6.18 Å². The molecule has 0 saturated carbocycles. The molecular weight excluding hydrogens is 402 g/mol. The van der Waals surface area contributed by atoms with Crippen LogP contribution in [0.3, 0.4) is 0 Å². The fourth-order valence-electron chi connectivity index (χ4n) is 2.45. The molecule has 160 valence electrons. The standard InChI is InChI=1S/C17H25F4N3O3S/c1-11(2)9-14(22)16(25)23-7-3-4-8-24-28(26,27)15-6-5-12(18)10-13(15)17(19,20)21/h5-6,10-11,14,24H,3-4,7-9,22H2,1-2H3,(H,23,25)/t14-/m0/s1. The quantitative estimate of drug-likeness (QED) is 0.394. The van der Waals surface area contributed by atoms with Gasteiger partial charge in [-0.15, -0.1) is 0 Å². The van der Waals surface area contributed by atoms with Gasteiger partial charge in [0.2, 0.25) is 15.9 Å². The summed E-state index contributed by atoms with van der Waals surface area (Å²) in [5, 5.41) is 2.62. The highest BCUT2D eigenvalue weighted by molar-refractivity contribution is 7.89. The predicted molar refractivity (Wildman–Crippen MR) is 96.3 cm³/mol. The molecule has 0 bridgehead atoms. The second-order valence-corrected chi connectivity index (χ2v) is 8.51. The van der Waals surface area contributed by atoms with E-state index in [1.54, 1.807) is 0 Å². The first-order chi connectivity index (χ1) is 12.8. The fraction of sp³-hybridized carbons (Fsp3) is 0.588. The maximum atomic E-state index is 13.1. The van der Waals surface area contributed by atoms with Gasteiger partial charge in [-0.05, 0) is 43.4 Å². The van der Waals surface area contributed by atoms with Crippen molar-refractivity contribution < 1.29 is 30.8 Å². The minimum absolute atomic E-state index is 0.134. The number of carbonyl (C=O) groups excluding carboxylic acids is 1. The Balaban J connectivity index is 2.53. The second kappa shape index (κ2) is 10.2. The molecule has 0 saturated heterocycles. The van der Waals surface area contributed by atoms with Crippen LogP contribution in [0, 0.1) is 11.7 Å². The molecule has 1 aromatic rings. The van der Waals surface area contributed by atoms with Crippen LogP contribution in [0.25, 0.3) is 0 Å². The Morgan fingerprint density at radius 3 is 2.36 bits per heavy atom. The molecule has 6 nitrogen and oxygen atoms in total. The lowest BCUT2D eigenvalue weighted by Crippen LogP contribution is -2.41. The van der Waals surface area contributed by atoms with Crippen LogP contribution >= 0.6 is 0 Å². The first-order valence-corrected chi connectivity index (χ1v) is 10.2. The van der Waals surface area contributed by atoms with Crippen LogP contribution in [0.1, 0.15) is 38.7 Å². The van der Waals surface area contributed by atoms with E-state index < -0.39 is 38.5 Å². The summed E-state index contributed by atoms with van der Waals surface area (Å²) in [5.74, 6) is -1.23. The highest BCUT2D eigenvalue weighted by Gasteiger charge is 2.37. The zero-order chi connectivity index (χ0) is 21.5. The Morgan fingerprint density at radius 1 is 1.18 bits per heavy atom. The lowest BCUT2D eigenvalue weighted by atomic mass is 10.0. The van der Waals surface area contributed by atoms with Crippen molar-refractivity contribution in [1.29, 1.82) is 0 Å². The van der Waals surface area contributed by atoms with Crippen molar-refractivity contribution in [3.63, 3.8) is 0 Å². The van der Waals surface area contributed by atoms with Gasteiger partial charge in [-0.1, -0.05) is 13.8 Å². The Morgan fingerprint density at radius 2 is 1.79 bits per heavy atom. The monoisotopic (exact) mass is 427 g/mol. The van der Waals surface area contributed by atoms with Gasteiger partial charge in [-0.2, -0.15) is 13.2 Å². The van der Waals surface area contributed by atoms with Gasteiger partial charge < -0.3 is 11.1 Å². The lowest BCUT2D eigenvalue weighted by molar-refractivity contribution is -0.140. The van der Waals surface area contributed by atoms with E-state index >= 15 is 0 Å². The van der Waals surface area contributed by atoms with Crippen molar-refractivity contribution >= 4 is 15.9 Å². The van der Waals surface area contributed by atoms with Crippen LogP contribution in [0.2, 0.25) is 0 Å². The number of nitrogens with two attached hydrogens (primary N) is 1. The third-order valence-corrected chi connectivity index (χ3v) is 5.31. The maximum absolute atomic E-state index is 13.1. The number of rotatable bonds is 10. The van der Waals surface area contributed by atoms with Crippen LogP contribution in [0.5, 0.6) is 0 Å². The highest BCUT2D eigenvalue weighted by atomic mass is 32.2. The SMILES string of the molecule is CC(C)C[C@H](N)C(=O)NCCCCNS(=O)(=O)c1ccc(F)cc1C(F)(F)F. The molecule has 0 fully saturated rings. The van der Waals surface area contributed by atoms with E-state index in [0.717, 1.165) is 0 Å². The number of nitrogens with one attached hydrogen (secondary N) is 2. The van der Waals surface area contributed by atoms with Gasteiger partial charge in [0.25, 0.3) is 0 Å². The van der Waals surface area contributed by atoms with Crippen molar-refractivity contribution in [2.24, 2.45) is 11.7 Å². The Bertz CT molecular complexity index is 767. The van der Waals surface area contributed by atoms with E-state index in [-0.39, 0.29) is 37.4 Å². The van der Waals surface area contributed by atoms with E-state index in [1.807, 2.05) is 13.8 Å². The molecule has 0 heterocycles. The predicted octanol–water partition coefficient (Wildman–Crippen LogP) is 2.39. The first kappa shape index (κ1) is 24.3. The summed E-state index contributed by atoms with van der Waals surface area (Å²) in [6.45, 7) is 4.00. The van der Waals surface area contributed by atoms with Crippen LogP contribution in [0.15, 0.2) is 23.1 Å². The number of sulfonamides is 1. The van der Waals surface area contributed by atoms with Crippen molar-refractivity contribution in [2.75, 3.05) is 13.1 Å². The summed E-state index contributed by atoms with van der Waals surface area (Å²) >= 11 is 0. The second-order valence-electron chi connectivity index (χ2n) is 6.77. The minimum atomic E-state index is -5.01. The number of halogens is 4. The van der Waals surface area contributed by atoms with Gasteiger partial charge in [0.1, 0.15) is 5.82 Å². The summed E-state index contributed by atoms with van der Waals surface area (Å²) in [6, 6.07) is 0.749.